The molecule has 0 atom stereocenters. The number of fused-ring (bicyclic) bond motifs is 1. The van der Waals surface area contributed by atoms with Gasteiger partial charge in [-0.3, -0.25) is 24.6 Å². The summed E-state index contributed by atoms with van der Waals surface area (Å²) in [6.45, 7) is 2.27. The SMILES string of the molecule is CCN1C(=O)C(=c2[nH][nH]c(=O)c2=Cc2cccs2)C(=O)c2ccccc21. The third-order valence-corrected chi connectivity index (χ3v) is 5.16. The van der Waals surface area contributed by atoms with Gasteiger partial charge in [-0.05, 0) is 36.6 Å². The average molecular weight is 365 g/mol. The monoisotopic (exact) mass is 365 g/mol. The highest BCUT2D eigenvalue weighted by atomic mass is 32.1. The summed E-state index contributed by atoms with van der Waals surface area (Å²) in [5, 5.41) is 7.62. The normalized spacial score (nSPS) is 17.0. The zero-order chi connectivity index (χ0) is 18.3. The topological polar surface area (TPSA) is 86.0 Å². The third kappa shape index (κ3) is 2.44. The molecule has 130 valence electrons. The number of hydrogen-bond donors (Lipinski definition) is 2. The maximum Gasteiger partial charge on any atom is 0.271 e. The van der Waals surface area contributed by atoms with Crippen molar-refractivity contribution in [3.05, 3.63) is 73.1 Å². The molecular formula is C19H15N3O3S. The van der Waals surface area contributed by atoms with Gasteiger partial charge in [0.2, 0.25) is 5.78 Å². The lowest BCUT2D eigenvalue weighted by Gasteiger charge is -2.28. The molecule has 7 heteroatoms. The fraction of sp³-hybridized carbons (Fsp3) is 0.105. The van der Waals surface area contributed by atoms with Gasteiger partial charge in [0, 0.05) is 17.0 Å². The molecule has 0 aliphatic carbocycles. The first-order chi connectivity index (χ1) is 12.6. The van der Waals surface area contributed by atoms with Crippen LogP contribution in [0.3, 0.4) is 0 Å². The molecule has 0 saturated carbocycles. The Labute approximate surface area is 152 Å². The Balaban J connectivity index is 2.07. The number of nitrogens with zero attached hydrogens (tertiary/aromatic N) is 1. The van der Waals surface area contributed by atoms with E-state index in [-0.39, 0.29) is 27.5 Å². The molecule has 0 spiro atoms. The Morgan fingerprint density at radius 1 is 1.08 bits per heavy atom. The Bertz CT molecular complexity index is 1190. The first-order valence-corrected chi connectivity index (χ1v) is 9.01. The summed E-state index contributed by atoms with van der Waals surface area (Å²) < 4.78 is 0. The van der Waals surface area contributed by atoms with Crippen molar-refractivity contribution >= 4 is 40.4 Å². The van der Waals surface area contributed by atoms with Crippen molar-refractivity contribution in [2.75, 3.05) is 11.4 Å². The highest BCUT2D eigenvalue weighted by Gasteiger charge is 2.35. The average Bonchev–Trinajstić information content (AvgIpc) is 3.28. The molecule has 3 heterocycles. The maximum atomic E-state index is 13.0. The van der Waals surface area contributed by atoms with Crippen LogP contribution in [0, 0.1) is 0 Å². The van der Waals surface area contributed by atoms with Crippen LogP contribution in [0.2, 0.25) is 0 Å². The molecule has 2 N–H and O–H groups in total. The number of ketones is 1. The predicted octanol–water partition coefficient (Wildman–Crippen LogP) is 0.993. The van der Waals surface area contributed by atoms with Gasteiger partial charge >= 0.3 is 0 Å². The molecule has 2 aromatic heterocycles. The zero-order valence-electron chi connectivity index (χ0n) is 13.9. The number of aromatic amines is 2. The summed E-state index contributed by atoms with van der Waals surface area (Å²) >= 11 is 1.47. The number of para-hydroxylation sites is 1. The van der Waals surface area contributed by atoms with Gasteiger partial charge < -0.3 is 4.90 Å². The standard InChI is InChI=1S/C19H15N3O3S/c1-2-22-14-8-4-3-7-12(14)17(23)15(19(22)25)16-13(18(24)21-20-16)10-11-6-5-9-26-11/h3-10,20H,2H2,1H3,(H,21,24). The van der Waals surface area contributed by atoms with E-state index in [2.05, 4.69) is 10.2 Å². The van der Waals surface area contributed by atoms with Gasteiger partial charge in [-0.1, -0.05) is 18.2 Å². The summed E-state index contributed by atoms with van der Waals surface area (Å²) in [7, 11) is 0. The summed E-state index contributed by atoms with van der Waals surface area (Å²) in [6, 6.07) is 10.7. The molecule has 1 aliphatic heterocycles. The van der Waals surface area contributed by atoms with Crippen LogP contribution in [0.4, 0.5) is 5.69 Å². The van der Waals surface area contributed by atoms with Crippen LogP contribution >= 0.6 is 11.3 Å². The van der Waals surface area contributed by atoms with E-state index < -0.39 is 5.91 Å². The van der Waals surface area contributed by atoms with Gasteiger partial charge in [-0.25, -0.2) is 0 Å². The molecule has 0 radical (unpaired) electrons. The number of benzene rings is 1. The van der Waals surface area contributed by atoms with Crippen LogP contribution in [0.5, 0.6) is 0 Å². The summed E-state index contributed by atoms with van der Waals surface area (Å²) in [6.07, 6.45) is 1.68. The molecule has 0 unspecified atom stereocenters. The number of anilines is 1. The van der Waals surface area contributed by atoms with Crippen molar-refractivity contribution in [1.82, 2.24) is 10.2 Å². The molecule has 0 bridgehead atoms. The Morgan fingerprint density at radius 3 is 2.62 bits per heavy atom. The van der Waals surface area contributed by atoms with Crippen molar-refractivity contribution in [3.63, 3.8) is 0 Å². The van der Waals surface area contributed by atoms with E-state index in [4.69, 9.17) is 0 Å². The van der Waals surface area contributed by atoms with Crippen molar-refractivity contribution in [1.29, 1.82) is 0 Å². The lowest BCUT2D eigenvalue weighted by Crippen LogP contribution is -2.45. The first kappa shape index (κ1) is 16.3. The van der Waals surface area contributed by atoms with E-state index in [9.17, 15) is 14.4 Å². The molecule has 26 heavy (non-hydrogen) atoms. The smallest absolute Gasteiger partial charge is 0.271 e. The molecular weight excluding hydrogens is 350 g/mol. The minimum absolute atomic E-state index is 0.0216. The summed E-state index contributed by atoms with van der Waals surface area (Å²) in [4.78, 5) is 40.7. The largest absolute Gasteiger partial charge is 0.308 e. The van der Waals surface area contributed by atoms with E-state index in [0.29, 0.717) is 17.8 Å². The predicted molar refractivity (Wildman–Crippen MR) is 101 cm³/mol. The number of rotatable bonds is 2. The number of nitrogens with one attached hydrogen (secondary N) is 2. The zero-order valence-corrected chi connectivity index (χ0v) is 14.7. The molecule has 0 fully saturated rings. The van der Waals surface area contributed by atoms with Gasteiger partial charge in [-0.15, -0.1) is 11.3 Å². The number of aromatic nitrogens is 2. The maximum absolute atomic E-state index is 13.0. The van der Waals surface area contributed by atoms with Gasteiger partial charge in [0.25, 0.3) is 11.5 Å². The number of Topliss-reactive ketones (excluding diaryl/α,β-unsaturated/α-hetero) is 1. The highest BCUT2D eigenvalue weighted by Crippen LogP contribution is 2.29. The van der Waals surface area contributed by atoms with Gasteiger partial charge in [0.05, 0.1) is 16.3 Å². The van der Waals surface area contributed by atoms with Crippen molar-refractivity contribution in [2.45, 2.75) is 6.92 Å². The van der Waals surface area contributed by atoms with Crippen molar-refractivity contribution in [2.24, 2.45) is 0 Å². The number of amides is 1. The van der Waals surface area contributed by atoms with E-state index >= 15 is 0 Å². The minimum Gasteiger partial charge on any atom is -0.308 e. The third-order valence-electron chi connectivity index (χ3n) is 4.34. The molecule has 6 nitrogen and oxygen atoms in total. The van der Waals surface area contributed by atoms with E-state index in [1.54, 1.807) is 35.2 Å². The number of hydrogen-bond acceptors (Lipinski definition) is 4. The fourth-order valence-electron chi connectivity index (χ4n) is 3.13. The Morgan fingerprint density at radius 2 is 1.88 bits per heavy atom. The summed E-state index contributed by atoms with van der Waals surface area (Å²) in [5.74, 6) is -0.793. The molecule has 4 rings (SSSR count). The molecule has 1 amide bonds. The van der Waals surface area contributed by atoms with E-state index in [0.717, 1.165) is 4.88 Å². The van der Waals surface area contributed by atoms with E-state index in [1.165, 1.54) is 11.3 Å². The number of H-pyrrole nitrogens is 2. The second-order valence-electron chi connectivity index (χ2n) is 5.80. The van der Waals surface area contributed by atoms with Crippen LogP contribution in [-0.2, 0) is 4.79 Å². The molecule has 3 aromatic rings. The van der Waals surface area contributed by atoms with Crippen LogP contribution in [0.25, 0.3) is 11.6 Å². The van der Waals surface area contributed by atoms with Crippen LogP contribution in [0.15, 0.2) is 46.6 Å². The fourth-order valence-corrected chi connectivity index (χ4v) is 3.79. The second kappa shape index (κ2) is 6.27. The quantitative estimate of drug-likeness (QED) is 0.710. The van der Waals surface area contributed by atoms with Gasteiger partial charge in [-0.2, -0.15) is 0 Å². The van der Waals surface area contributed by atoms with Gasteiger partial charge in [0.1, 0.15) is 5.57 Å². The molecule has 1 aliphatic rings. The molecule has 1 aromatic carbocycles. The van der Waals surface area contributed by atoms with Crippen LogP contribution < -0.4 is 21.0 Å². The van der Waals surface area contributed by atoms with Crippen LogP contribution in [-0.4, -0.2) is 28.4 Å². The van der Waals surface area contributed by atoms with Crippen LogP contribution in [0.1, 0.15) is 22.2 Å². The molecule has 0 saturated heterocycles. The second-order valence-corrected chi connectivity index (χ2v) is 6.78. The lowest BCUT2D eigenvalue weighted by atomic mass is 9.94. The van der Waals surface area contributed by atoms with Crippen molar-refractivity contribution in [3.8, 4) is 0 Å². The van der Waals surface area contributed by atoms with Gasteiger partial charge in [0.15, 0.2) is 0 Å². The van der Waals surface area contributed by atoms with Crippen molar-refractivity contribution < 1.29 is 9.59 Å². The first-order valence-electron chi connectivity index (χ1n) is 8.13. The number of carbonyl (C=O) groups is 2. The van der Waals surface area contributed by atoms with E-state index in [1.807, 2.05) is 24.4 Å². The lowest BCUT2D eigenvalue weighted by molar-refractivity contribution is -0.113. The number of thiophene rings is 1. The minimum atomic E-state index is -0.410. The number of carbonyl (C=O) groups excluding carboxylic acids is 2. The highest BCUT2D eigenvalue weighted by molar-refractivity contribution is 7.10. The Kier molecular flexibility index (Phi) is 3.93. The summed E-state index contributed by atoms with van der Waals surface area (Å²) in [5.41, 5.74) is 0.651. The Hall–Kier alpha value is -3.19.